The fourth-order valence-electron chi connectivity index (χ4n) is 2.43. The Morgan fingerprint density at radius 2 is 1.86 bits per heavy atom. The van der Waals surface area contributed by atoms with Gasteiger partial charge in [-0.3, -0.25) is 4.98 Å². The van der Waals surface area contributed by atoms with Crippen LogP contribution in [0.4, 0.5) is 0 Å². The van der Waals surface area contributed by atoms with Gasteiger partial charge in [0.25, 0.3) is 0 Å². The molecular weight excluding hydrogens is 284 g/mol. The first-order chi connectivity index (χ1) is 10.0. The quantitative estimate of drug-likeness (QED) is 0.921. The van der Waals surface area contributed by atoms with Crippen LogP contribution in [0.2, 0.25) is 5.02 Å². The molecule has 0 radical (unpaired) electrons. The van der Waals surface area contributed by atoms with Crippen LogP contribution in [0.1, 0.15) is 23.9 Å². The van der Waals surface area contributed by atoms with Crippen molar-refractivity contribution in [2.24, 2.45) is 5.92 Å². The van der Waals surface area contributed by atoms with Crippen molar-refractivity contribution in [1.82, 2.24) is 20.3 Å². The van der Waals surface area contributed by atoms with Crippen molar-refractivity contribution in [3.8, 4) is 11.5 Å². The summed E-state index contributed by atoms with van der Waals surface area (Å²) in [6.45, 7) is 7.29. The molecule has 0 spiro atoms. The molecule has 5 heteroatoms. The predicted octanol–water partition coefficient (Wildman–Crippen LogP) is 3.21. The number of pyridine rings is 1. The third kappa shape index (κ3) is 3.99. The van der Waals surface area contributed by atoms with E-state index < -0.39 is 0 Å². The second kappa shape index (κ2) is 6.96. The first-order valence-electron chi connectivity index (χ1n) is 7.12. The van der Waals surface area contributed by atoms with Gasteiger partial charge in [0, 0.05) is 17.6 Å². The minimum Gasteiger partial charge on any atom is -0.319 e. The third-order valence-electron chi connectivity index (χ3n) is 3.48. The van der Waals surface area contributed by atoms with E-state index in [0.717, 1.165) is 30.0 Å². The van der Waals surface area contributed by atoms with E-state index in [4.69, 9.17) is 11.6 Å². The largest absolute Gasteiger partial charge is 0.319 e. The zero-order valence-electron chi connectivity index (χ0n) is 12.9. The van der Waals surface area contributed by atoms with Crippen LogP contribution < -0.4 is 5.32 Å². The minimum absolute atomic E-state index is 0.551. The SMILES string of the molecule is CNCC(C)Cc1c(C)nc(-c2ccc(Cl)cn2)nc1C. The van der Waals surface area contributed by atoms with Gasteiger partial charge in [0.05, 0.1) is 5.02 Å². The summed E-state index contributed by atoms with van der Waals surface area (Å²) in [6, 6.07) is 3.65. The van der Waals surface area contributed by atoms with Crippen molar-refractivity contribution in [2.45, 2.75) is 27.2 Å². The molecular formula is C16H21ClN4. The number of halogens is 1. The number of hydrogen-bond donors (Lipinski definition) is 1. The smallest absolute Gasteiger partial charge is 0.178 e. The first kappa shape index (κ1) is 15.9. The summed E-state index contributed by atoms with van der Waals surface area (Å²) in [5.74, 6) is 1.21. The average molecular weight is 305 g/mol. The second-order valence-corrected chi connectivity index (χ2v) is 5.86. The molecule has 0 amide bonds. The van der Waals surface area contributed by atoms with Gasteiger partial charge >= 0.3 is 0 Å². The molecule has 0 fully saturated rings. The fraction of sp³-hybridized carbons (Fsp3) is 0.438. The lowest BCUT2D eigenvalue weighted by molar-refractivity contribution is 0.537. The summed E-state index contributed by atoms with van der Waals surface area (Å²) >= 11 is 5.86. The van der Waals surface area contributed by atoms with E-state index in [1.54, 1.807) is 12.3 Å². The maximum atomic E-state index is 5.86. The van der Waals surface area contributed by atoms with Crippen molar-refractivity contribution in [3.05, 3.63) is 40.3 Å². The van der Waals surface area contributed by atoms with E-state index in [0.29, 0.717) is 16.8 Å². The number of rotatable bonds is 5. The number of hydrogen-bond acceptors (Lipinski definition) is 4. The minimum atomic E-state index is 0.551. The van der Waals surface area contributed by atoms with Crippen LogP contribution in [0.5, 0.6) is 0 Å². The van der Waals surface area contributed by atoms with Gasteiger partial charge in [-0.2, -0.15) is 0 Å². The molecule has 0 bridgehead atoms. The van der Waals surface area contributed by atoms with Gasteiger partial charge < -0.3 is 5.32 Å². The molecule has 1 atom stereocenters. The molecule has 0 aromatic carbocycles. The molecule has 21 heavy (non-hydrogen) atoms. The van der Waals surface area contributed by atoms with Crippen LogP contribution in [0.3, 0.4) is 0 Å². The maximum Gasteiger partial charge on any atom is 0.178 e. The number of nitrogens with one attached hydrogen (secondary N) is 1. The summed E-state index contributed by atoms with van der Waals surface area (Å²) in [6.07, 6.45) is 2.60. The highest BCUT2D eigenvalue weighted by molar-refractivity contribution is 6.30. The van der Waals surface area contributed by atoms with E-state index in [9.17, 15) is 0 Å². The van der Waals surface area contributed by atoms with Crippen molar-refractivity contribution in [1.29, 1.82) is 0 Å². The van der Waals surface area contributed by atoms with Crippen molar-refractivity contribution >= 4 is 11.6 Å². The third-order valence-corrected chi connectivity index (χ3v) is 3.71. The molecule has 0 aliphatic carbocycles. The summed E-state index contributed by atoms with van der Waals surface area (Å²) in [4.78, 5) is 13.5. The molecule has 0 saturated heterocycles. The molecule has 2 rings (SSSR count). The van der Waals surface area contributed by atoms with E-state index in [1.165, 1.54) is 5.56 Å². The van der Waals surface area contributed by atoms with E-state index in [1.807, 2.05) is 27.0 Å². The lowest BCUT2D eigenvalue weighted by Gasteiger charge is -2.15. The van der Waals surface area contributed by atoms with Gasteiger partial charge in [0.2, 0.25) is 0 Å². The Balaban J connectivity index is 2.30. The van der Waals surface area contributed by atoms with Gasteiger partial charge in [-0.05, 0) is 57.5 Å². The van der Waals surface area contributed by atoms with Crippen LogP contribution >= 0.6 is 11.6 Å². The maximum absolute atomic E-state index is 5.86. The van der Waals surface area contributed by atoms with Crippen LogP contribution in [-0.4, -0.2) is 28.5 Å². The fourth-order valence-corrected chi connectivity index (χ4v) is 2.54. The van der Waals surface area contributed by atoms with E-state index in [2.05, 4.69) is 27.2 Å². The molecule has 0 saturated carbocycles. The Bertz CT molecular complexity index is 587. The van der Waals surface area contributed by atoms with Gasteiger partial charge in [0.15, 0.2) is 5.82 Å². The number of aryl methyl sites for hydroxylation is 2. The van der Waals surface area contributed by atoms with Gasteiger partial charge in [-0.15, -0.1) is 0 Å². The Kier molecular flexibility index (Phi) is 5.26. The zero-order chi connectivity index (χ0) is 15.4. The van der Waals surface area contributed by atoms with Gasteiger partial charge in [0.1, 0.15) is 5.69 Å². The highest BCUT2D eigenvalue weighted by atomic mass is 35.5. The first-order valence-corrected chi connectivity index (χ1v) is 7.49. The second-order valence-electron chi connectivity index (χ2n) is 5.43. The van der Waals surface area contributed by atoms with Crippen molar-refractivity contribution in [2.75, 3.05) is 13.6 Å². The molecule has 1 N–H and O–H groups in total. The summed E-state index contributed by atoms with van der Waals surface area (Å²) in [7, 11) is 1.97. The molecule has 1 unspecified atom stereocenters. The Hall–Kier alpha value is -1.52. The molecule has 4 nitrogen and oxygen atoms in total. The molecule has 0 aliphatic rings. The van der Waals surface area contributed by atoms with E-state index >= 15 is 0 Å². The van der Waals surface area contributed by atoms with Crippen LogP contribution in [-0.2, 0) is 6.42 Å². The number of nitrogens with zero attached hydrogens (tertiary/aromatic N) is 3. The standard InChI is InChI=1S/C16H21ClN4/c1-10(8-18-4)7-14-11(2)20-16(21-12(14)3)15-6-5-13(17)9-19-15/h5-6,9-10,18H,7-8H2,1-4H3. The van der Waals surface area contributed by atoms with Gasteiger partial charge in [-0.25, -0.2) is 9.97 Å². The molecule has 2 heterocycles. The topological polar surface area (TPSA) is 50.7 Å². The summed E-state index contributed by atoms with van der Waals surface area (Å²) in [5.41, 5.74) is 4.03. The van der Waals surface area contributed by atoms with E-state index in [-0.39, 0.29) is 0 Å². The van der Waals surface area contributed by atoms with Gasteiger partial charge in [-0.1, -0.05) is 18.5 Å². The van der Waals surface area contributed by atoms with Crippen molar-refractivity contribution < 1.29 is 0 Å². The molecule has 2 aromatic heterocycles. The van der Waals surface area contributed by atoms with Crippen LogP contribution in [0, 0.1) is 19.8 Å². The highest BCUT2D eigenvalue weighted by Crippen LogP contribution is 2.20. The Morgan fingerprint density at radius 1 is 1.19 bits per heavy atom. The van der Waals surface area contributed by atoms with Crippen LogP contribution in [0.15, 0.2) is 18.3 Å². The highest BCUT2D eigenvalue weighted by Gasteiger charge is 2.13. The molecule has 112 valence electrons. The van der Waals surface area contributed by atoms with Crippen molar-refractivity contribution in [3.63, 3.8) is 0 Å². The summed E-state index contributed by atoms with van der Waals surface area (Å²) < 4.78 is 0. The monoisotopic (exact) mass is 304 g/mol. The van der Waals surface area contributed by atoms with Crippen LogP contribution in [0.25, 0.3) is 11.5 Å². The lowest BCUT2D eigenvalue weighted by atomic mass is 9.98. The normalized spacial score (nSPS) is 12.4. The summed E-state index contributed by atoms with van der Waals surface area (Å²) in [5, 5.41) is 3.82. The Labute approximate surface area is 131 Å². The Morgan fingerprint density at radius 3 is 2.38 bits per heavy atom. The average Bonchev–Trinajstić information content (AvgIpc) is 2.44. The lowest BCUT2D eigenvalue weighted by Crippen LogP contribution is -2.19. The number of aromatic nitrogens is 3. The molecule has 0 aliphatic heterocycles. The molecule has 2 aromatic rings. The zero-order valence-corrected chi connectivity index (χ0v) is 13.7. The predicted molar refractivity (Wildman–Crippen MR) is 86.5 cm³/mol.